The molecule has 0 unspecified atom stereocenters. The van der Waals surface area contributed by atoms with Crippen LogP contribution in [0.15, 0.2) is 85.1 Å². The van der Waals surface area contributed by atoms with Gasteiger partial charge in [0.15, 0.2) is 11.6 Å². The van der Waals surface area contributed by atoms with E-state index in [-0.39, 0.29) is 16.7 Å². The van der Waals surface area contributed by atoms with Gasteiger partial charge in [-0.1, -0.05) is 50.1 Å². The van der Waals surface area contributed by atoms with E-state index in [1.165, 1.54) is 18.2 Å². The first-order valence-electron chi connectivity index (χ1n) is 14.0. The molecule has 2 nitrogen and oxygen atoms in total. The van der Waals surface area contributed by atoms with E-state index in [2.05, 4.69) is 16.6 Å². The summed E-state index contributed by atoms with van der Waals surface area (Å²) in [5.41, 5.74) is -0.214. The van der Waals surface area contributed by atoms with Crippen LogP contribution in [0.4, 0.5) is 35.1 Å². The molecule has 0 aliphatic heterocycles. The minimum atomic E-state index is -4.63. The molecule has 1 aromatic heterocycles. The van der Waals surface area contributed by atoms with Gasteiger partial charge in [-0.25, -0.2) is 26.3 Å². The Kier molecular flexibility index (Phi) is 9.22. The molecule has 5 rings (SSSR count). The summed E-state index contributed by atoms with van der Waals surface area (Å²) < 4.78 is 120. The van der Waals surface area contributed by atoms with E-state index < -0.39 is 57.9 Å². The highest BCUT2D eigenvalue weighted by Crippen LogP contribution is 2.38. The molecule has 5 aromatic rings. The fourth-order valence-electron chi connectivity index (χ4n) is 4.89. The number of benzene rings is 4. The monoisotopic (exact) mass is 627 g/mol. The van der Waals surface area contributed by atoms with Crippen molar-refractivity contribution in [3.63, 3.8) is 0 Å². The van der Waals surface area contributed by atoms with Crippen molar-refractivity contribution >= 4 is 0 Å². The maximum absolute atomic E-state index is 15.2. The molecule has 10 heteroatoms. The average molecular weight is 628 g/mol. The summed E-state index contributed by atoms with van der Waals surface area (Å²) in [7, 11) is 0. The Morgan fingerprint density at radius 3 is 1.82 bits per heavy atom. The Morgan fingerprint density at radius 1 is 0.600 bits per heavy atom. The lowest BCUT2D eigenvalue weighted by molar-refractivity contribution is -0.189. The van der Waals surface area contributed by atoms with Gasteiger partial charge in [-0.3, -0.25) is 4.98 Å². The normalized spacial score (nSPS) is 11.6. The Balaban J connectivity index is 1.37. The van der Waals surface area contributed by atoms with Crippen LogP contribution in [0, 0.1) is 34.9 Å². The Bertz CT molecular complexity index is 1820. The third-order valence-electron chi connectivity index (χ3n) is 7.22. The molecule has 0 aliphatic carbocycles. The molecule has 4 aromatic carbocycles. The third-order valence-corrected chi connectivity index (χ3v) is 7.22. The van der Waals surface area contributed by atoms with Gasteiger partial charge in [0.2, 0.25) is 0 Å². The zero-order chi connectivity index (χ0) is 32.3. The number of rotatable bonds is 10. The number of nitrogens with zero attached hydrogens (tertiary/aromatic N) is 1. The molecular weight excluding hydrogens is 602 g/mol. The highest BCUT2D eigenvalue weighted by atomic mass is 19.3. The van der Waals surface area contributed by atoms with Gasteiger partial charge in [0.05, 0.1) is 5.69 Å². The second-order valence-electron chi connectivity index (χ2n) is 10.4. The van der Waals surface area contributed by atoms with Gasteiger partial charge in [0.25, 0.3) is 0 Å². The van der Waals surface area contributed by atoms with Crippen molar-refractivity contribution < 1.29 is 39.9 Å². The number of aromatic nitrogens is 1. The second kappa shape index (κ2) is 13.1. The van der Waals surface area contributed by atoms with E-state index in [0.717, 1.165) is 43.4 Å². The topological polar surface area (TPSA) is 22.1 Å². The van der Waals surface area contributed by atoms with Gasteiger partial charge in [0.1, 0.15) is 34.6 Å². The predicted octanol–water partition coefficient (Wildman–Crippen LogP) is 10.8. The standard InChI is InChI=1S/C35H25F8NO/c1-2-3-4-5-20-6-13-33(44-19-20)22-8-11-25(29(38)15-22)21-7-10-26(28(37)14-21)23-16-31(40)34(32(41)17-23)35(42,43)45-24-9-12-27(36)30(39)18-24/h6-19H,2-5H2,1H3. The third kappa shape index (κ3) is 7.00. The summed E-state index contributed by atoms with van der Waals surface area (Å²) in [6.07, 6.45) is 1.31. The molecule has 0 amide bonds. The van der Waals surface area contributed by atoms with Gasteiger partial charge in [0, 0.05) is 29.0 Å². The Hall–Kier alpha value is -4.73. The predicted molar refractivity (Wildman–Crippen MR) is 154 cm³/mol. The second-order valence-corrected chi connectivity index (χ2v) is 10.4. The lowest BCUT2D eigenvalue weighted by Crippen LogP contribution is -2.25. The fraction of sp³-hybridized carbons (Fsp3) is 0.171. The van der Waals surface area contributed by atoms with Crippen LogP contribution in [-0.4, -0.2) is 4.98 Å². The van der Waals surface area contributed by atoms with Crippen LogP contribution in [0.25, 0.3) is 33.5 Å². The molecule has 45 heavy (non-hydrogen) atoms. The minimum absolute atomic E-state index is 0.0575. The van der Waals surface area contributed by atoms with Crippen LogP contribution < -0.4 is 4.74 Å². The number of halogens is 8. The van der Waals surface area contributed by atoms with Crippen molar-refractivity contribution in [1.29, 1.82) is 0 Å². The lowest BCUT2D eigenvalue weighted by Gasteiger charge is -2.20. The number of ether oxygens (including phenoxy) is 1. The molecule has 0 fully saturated rings. The molecule has 0 radical (unpaired) electrons. The lowest BCUT2D eigenvalue weighted by atomic mass is 9.97. The summed E-state index contributed by atoms with van der Waals surface area (Å²) in [5, 5.41) is 0. The van der Waals surface area contributed by atoms with E-state index in [0.29, 0.717) is 41.6 Å². The number of hydrogen-bond donors (Lipinski definition) is 0. The molecule has 1 heterocycles. The van der Waals surface area contributed by atoms with Crippen molar-refractivity contribution in [3.8, 4) is 39.3 Å². The smallest absolute Gasteiger partial charge is 0.429 e. The van der Waals surface area contributed by atoms with Crippen LogP contribution in [-0.2, 0) is 12.5 Å². The van der Waals surface area contributed by atoms with Crippen molar-refractivity contribution in [2.75, 3.05) is 0 Å². The molecule has 0 saturated carbocycles. The SMILES string of the molecule is CCCCCc1ccc(-c2ccc(-c3ccc(-c4cc(F)c(C(F)(F)Oc5ccc(F)c(F)c5)c(F)c4)c(F)c3)c(F)c2)nc1. The largest absolute Gasteiger partial charge is 0.432 e. The highest BCUT2D eigenvalue weighted by molar-refractivity contribution is 5.73. The van der Waals surface area contributed by atoms with Crippen LogP contribution in [0.1, 0.15) is 37.3 Å². The van der Waals surface area contributed by atoms with Crippen LogP contribution >= 0.6 is 0 Å². The van der Waals surface area contributed by atoms with Crippen molar-refractivity contribution in [3.05, 3.63) is 131 Å². The van der Waals surface area contributed by atoms with E-state index >= 15 is 8.78 Å². The van der Waals surface area contributed by atoms with E-state index in [1.807, 2.05) is 6.07 Å². The quantitative estimate of drug-likeness (QED) is 0.114. The molecule has 0 atom stereocenters. The zero-order valence-corrected chi connectivity index (χ0v) is 23.8. The van der Waals surface area contributed by atoms with Crippen molar-refractivity contribution in [2.45, 2.75) is 38.7 Å². The zero-order valence-electron chi connectivity index (χ0n) is 23.8. The first kappa shape index (κ1) is 31.7. The summed E-state index contributed by atoms with van der Waals surface area (Å²) in [6.45, 7) is 2.12. The summed E-state index contributed by atoms with van der Waals surface area (Å²) in [6, 6.07) is 14.0. The number of aryl methyl sites for hydroxylation is 1. The van der Waals surface area contributed by atoms with Gasteiger partial charge in [-0.15, -0.1) is 0 Å². The van der Waals surface area contributed by atoms with E-state index in [1.54, 1.807) is 18.3 Å². The van der Waals surface area contributed by atoms with E-state index in [4.69, 9.17) is 0 Å². The van der Waals surface area contributed by atoms with E-state index in [9.17, 15) is 26.3 Å². The molecule has 232 valence electrons. The molecule has 0 bridgehead atoms. The minimum Gasteiger partial charge on any atom is -0.429 e. The number of unbranched alkanes of at least 4 members (excludes halogenated alkanes) is 2. The molecular formula is C35H25F8NO. The van der Waals surface area contributed by atoms with Gasteiger partial charge in [-0.05, 0) is 72.0 Å². The maximum Gasteiger partial charge on any atom is 0.432 e. The van der Waals surface area contributed by atoms with Crippen molar-refractivity contribution in [2.24, 2.45) is 0 Å². The molecule has 0 saturated heterocycles. The maximum atomic E-state index is 15.2. The van der Waals surface area contributed by atoms with Crippen LogP contribution in [0.2, 0.25) is 0 Å². The van der Waals surface area contributed by atoms with Crippen LogP contribution in [0.5, 0.6) is 5.75 Å². The molecule has 0 N–H and O–H groups in total. The summed E-state index contributed by atoms with van der Waals surface area (Å²) in [4.78, 5) is 4.42. The first-order valence-corrected chi connectivity index (χ1v) is 14.0. The van der Waals surface area contributed by atoms with Gasteiger partial charge >= 0.3 is 6.11 Å². The van der Waals surface area contributed by atoms with Gasteiger partial charge in [-0.2, -0.15) is 8.78 Å². The number of pyridine rings is 1. The number of hydrogen-bond acceptors (Lipinski definition) is 2. The van der Waals surface area contributed by atoms with Crippen LogP contribution in [0.3, 0.4) is 0 Å². The summed E-state index contributed by atoms with van der Waals surface area (Å²) >= 11 is 0. The molecule has 0 aliphatic rings. The average Bonchev–Trinajstić information content (AvgIpc) is 2.98. The molecule has 0 spiro atoms. The fourth-order valence-corrected chi connectivity index (χ4v) is 4.89. The number of alkyl halides is 2. The highest BCUT2D eigenvalue weighted by Gasteiger charge is 2.41. The van der Waals surface area contributed by atoms with Gasteiger partial charge < -0.3 is 4.74 Å². The van der Waals surface area contributed by atoms with Crippen molar-refractivity contribution in [1.82, 2.24) is 4.98 Å². The summed E-state index contributed by atoms with van der Waals surface area (Å²) in [5.74, 6) is -8.91. The first-order chi connectivity index (χ1) is 21.5. The Labute approximate surface area is 254 Å². The Morgan fingerprint density at radius 2 is 1.22 bits per heavy atom.